The number of nitrogens with two attached hydrogens (primary N) is 1. The van der Waals surface area contributed by atoms with Crippen molar-refractivity contribution in [3.63, 3.8) is 0 Å². The Morgan fingerprint density at radius 3 is 2.57 bits per heavy atom. The number of rotatable bonds is 4. The molecular weight excluding hydrogens is 318 g/mol. The first-order chi connectivity index (χ1) is 10.2. The summed E-state index contributed by atoms with van der Waals surface area (Å²) in [6, 6.07) is 10.2. The summed E-state index contributed by atoms with van der Waals surface area (Å²) in [4.78, 5) is 5.23. The van der Waals surface area contributed by atoms with Crippen LogP contribution in [0, 0.1) is 5.41 Å². The Morgan fingerprint density at radius 2 is 2.00 bits per heavy atom. The standard InChI is InChI=1S/C15H13N3S3/c1-19-15-10(9-5-3-2-4-6-9)11(12(21-15)13(16)17)14-18-7-8-20-14/h2-8H,1H3,(H3,16,17). The van der Waals surface area contributed by atoms with Crippen molar-refractivity contribution < 1.29 is 0 Å². The molecule has 0 radical (unpaired) electrons. The molecule has 1 aromatic carbocycles. The average Bonchev–Trinajstić information content (AvgIpc) is 3.14. The number of hydrogen-bond acceptors (Lipinski definition) is 5. The molecule has 0 bridgehead atoms. The molecule has 2 aromatic heterocycles. The first kappa shape index (κ1) is 14.3. The molecule has 106 valence electrons. The fourth-order valence-corrected chi connectivity index (χ4v) is 4.85. The number of thioether (sulfide) groups is 1. The summed E-state index contributed by atoms with van der Waals surface area (Å²) in [5.74, 6) is 0.0997. The van der Waals surface area contributed by atoms with E-state index in [-0.39, 0.29) is 5.84 Å². The molecule has 21 heavy (non-hydrogen) atoms. The van der Waals surface area contributed by atoms with Gasteiger partial charge in [0.25, 0.3) is 0 Å². The lowest BCUT2D eigenvalue weighted by Crippen LogP contribution is -2.10. The Balaban J connectivity index is 2.34. The maximum Gasteiger partial charge on any atom is 0.133 e. The quantitative estimate of drug-likeness (QED) is 0.419. The zero-order chi connectivity index (χ0) is 14.8. The number of nitrogens with one attached hydrogen (secondary N) is 1. The van der Waals surface area contributed by atoms with Crippen LogP contribution in [-0.2, 0) is 0 Å². The summed E-state index contributed by atoms with van der Waals surface area (Å²) in [7, 11) is 0. The van der Waals surface area contributed by atoms with Crippen LogP contribution in [0.1, 0.15) is 4.88 Å². The molecule has 0 aliphatic rings. The highest BCUT2D eigenvalue weighted by molar-refractivity contribution is 8.00. The number of aromatic nitrogens is 1. The summed E-state index contributed by atoms with van der Waals surface area (Å²) in [5, 5.41) is 10.7. The second kappa shape index (κ2) is 6.01. The van der Waals surface area contributed by atoms with Crippen LogP contribution in [0.25, 0.3) is 21.7 Å². The van der Waals surface area contributed by atoms with E-state index in [4.69, 9.17) is 11.1 Å². The van der Waals surface area contributed by atoms with E-state index in [1.807, 2.05) is 29.8 Å². The van der Waals surface area contributed by atoms with Crippen LogP contribution in [0.2, 0.25) is 0 Å². The molecule has 0 saturated heterocycles. The van der Waals surface area contributed by atoms with E-state index >= 15 is 0 Å². The van der Waals surface area contributed by atoms with Crippen molar-refractivity contribution in [3.05, 3.63) is 46.8 Å². The maximum absolute atomic E-state index is 7.88. The van der Waals surface area contributed by atoms with Crippen molar-refractivity contribution in [2.75, 3.05) is 6.26 Å². The smallest absolute Gasteiger partial charge is 0.133 e. The Morgan fingerprint density at radius 1 is 1.24 bits per heavy atom. The first-order valence-electron chi connectivity index (χ1n) is 6.22. The van der Waals surface area contributed by atoms with Gasteiger partial charge in [-0.1, -0.05) is 30.3 Å². The predicted octanol–water partition coefficient (Wildman–Crippen LogP) is 4.54. The van der Waals surface area contributed by atoms with E-state index in [1.165, 1.54) is 0 Å². The second-order valence-corrected chi connectivity index (χ2v) is 7.28. The van der Waals surface area contributed by atoms with Crippen molar-refractivity contribution in [2.24, 2.45) is 5.73 Å². The van der Waals surface area contributed by atoms with Gasteiger partial charge in [-0.2, -0.15) is 0 Å². The molecule has 6 heteroatoms. The highest BCUT2D eigenvalue weighted by Crippen LogP contribution is 2.47. The lowest BCUT2D eigenvalue weighted by Gasteiger charge is -2.06. The Bertz CT molecular complexity index is 761. The number of thiazole rings is 1. The van der Waals surface area contributed by atoms with Crippen LogP contribution in [0.15, 0.2) is 46.1 Å². The van der Waals surface area contributed by atoms with Crippen LogP contribution in [0.3, 0.4) is 0 Å². The van der Waals surface area contributed by atoms with Crippen molar-refractivity contribution in [1.29, 1.82) is 5.41 Å². The van der Waals surface area contributed by atoms with Gasteiger partial charge in [0.05, 0.1) is 9.09 Å². The number of benzene rings is 1. The van der Waals surface area contributed by atoms with E-state index in [0.717, 1.165) is 30.8 Å². The minimum Gasteiger partial charge on any atom is -0.383 e. The minimum absolute atomic E-state index is 0.0997. The van der Waals surface area contributed by atoms with Gasteiger partial charge in [-0.25, -0.2) is 4.98 Å². The summed E-state index contributed by atoms with van der Waals surface area (Å²) in [5.41, 5.74) is 9.05. The van der Waals surface area contributed by atoms with Crippen LogP contribution in [0.5, 0.6) is 0 Å². The van der Waals surface area contributed by atoms with E-state index < -0.39 is 0 Å². The Kier molecular flexibility index (Phi) is 4.10. The molecule has 2 heterocycles. The third kappa shape index (κ3) is 2.62. The van der Waals surface area contributed by atoms with Crippen LogP contribution in [-0.4, -0.2) is 17.1 Å². The van der Waals surface area contributed by atoms with Crippen LogP contribution >= 0.6 is 34.4 Å². The molecule has 3 nitrogen and oxygen atoms in total. The average molecular weight is 331 g/mol. The summed E-state index contributed by atoms with van der Waals surface area (Å²) in [6.07, 6.45) is 3.84. The number of amidine groups is 1. The molecule has 0 aliphatic carbocycles. The van der Waals surface area contributed by atoms with Crippen LogP contribution in [0.4, 0.5) is 0 Å². The third-order valence-electron chi connectivity index (χ3n) is 3.01. The summed E-state index contributed by atoms with van der Waals surface area (Å²) >= 11 is 4.82. The molecular formula is C15H13N3S3. The molecule has 0 amide bonds. The molecule has 0 atom stereocenters. The normalized spacial score (nSPS) is 10.7. The fourth-order valence-electron chi connectivity index (χ4n) is 2.16. The van der Waals surface area contributed by atoms with Crippen molar-refractivity contribution in [1.82, 2.24) is 4.98 Å². The largest absolute Gasteiger partial charge is 0.383 e. The topological polar surface area (TPSA) is 62.8 Å². The van der Waals surface area contributed by atoms with Crippen molar-refractivity contribution >= 4 is 40.3 Å². The van der Waals surface area contributed by atoms with Crippen molar-refractivity contribution in [3.8, 4) is 21.7 Å². The van der Waals surface area contributed by atoms with Gasteiger partial charge in [0.1, 0.15) is 10.8 Å². The highest BCUT2D eigenvalue weighted by atomic mass is 32.2. The molecule has 0 fully saturated rings. The number of nitrogens with zero attached hydrogens (tertiary/aromatic N) is 1. The van der Waals surface area contributed by atoms with Gasteiger partial charge < -0.3 is 5.73 Å². The number of thiophene rings is 1. The molecule has 3 rings (SSSR count). The molecule has 0 spiro atoms. The van der Waals surface area contributed by atoms with Gasteiger partial charge in [0.15, 0.2) is 0 Å². The molecule has 3 N–H and O–H groups in total. The summed E-state index contributed by atoms with van der Waals surface area (Å²) < 4.78 is 1.16. The molecule has 0 aliphatic heterocycles. The first-order valence-corrected chi connectivity index (χ1v) is 9.15. The molecule has 3 aromatic rings. The minimum atomic E-state index is 0.0997. The lowest BCUT2D eigenvalue weighted by molar-refractivity contribution is 1.40. The van der Waals surface area contributed by atoms with Gasteiger partial charge in [-0.15, -0.1) is 34.4 Å². The molecule has 0 unspecified atom stereocenters. The van der Waals surface area contributed by atoms with Gasteiger partial charge in [-0.3, -0.25) is 5.41 Å². The van der Waals surface area contributed by atoms with Crippen molar-refractivity contribution in [2.45, 2.75) is 4.21 Å². The number of hydrogen-bond donors (Lipinski definition) is 2. The van der Waals surface area contributed by atoms with E-state index in [9.17, 15) is 0 Å². The zero-order valence-corrected chi connectivity index (χ0v) is 13.7. The van der Waals surface area contributed by atoms with Gasteiger partial charge in [-0.05, 0) is 11.8 Å². The molecule has 0 saturated carbocycles. The van der Waals surface area contributed by atoms with Crippen LogP contribution < -0.4 is 5.73 Å². The monoisotopic (exact) mass is 331 g/mol. The van der Waals surface area contributed by atoms with E-state index in [1.54, 1.807) is 40.6 Å². The highest BCUT2D eigenvalue weighted by Gasteiger charge is 2.23. The fraction of sp³-hybridized carbons (Fsp3) is 0.0667. The zero-order valence-electron chi connectivity index (χ0n) is 11.3. The van der Waals surface area contributed by atoms with E-state index in [2.05, 4.69) is 17.1 Å². The van der Waals surface area contributed by atoms with Gasteiger partial charge in [0.2, 0.25) is 0 Å². The SMILES string of the molecule is CSc1sc(C(=N)N)c(-c2nccs2)c1-c1ccccc1. The third-order valence-corrected chi connectivity index (χ3v) is 6.15. The Hall–Kier alpha value is -1.63. The van der Waals surface area contributed by atoms with Gasteiger partial charge >= 0.3 is 0 Å². The summed E-state index contributed by atoms with van der Waals surface area (Å²) in [6.45, 7) is 0. The number of nitrogen functional groups attached to an aromatic ring is 1. The maximum atomic E-state index is 7.88. The second-order valence-electron chi connectivity index (χ2n) is 4.29. The Labute approximate surface area is 135 Å². The lowest BCUT2D eigenvalue weighted by atomic mass is 10.0. The predicted molar refractivity (Wildman–Crippen MR) is 93.7 cm³/mol. The van der Waals surface area contributed by atoms with E-state index in [0.29, 0.717) is 0 Å². The van der Waals surface area contributed by atoms with Gasteiger partial charge in [0, 0.05) is 22.7 Å².